The normalized spacial score (nSPS) is 27.8. The van der Waals surface area contributed by atoms with Gasteiger partial charge >= 0.3 is 0 Å². The molecule has 0 N–H and O–H groups in total. The van der Waals surface area contributed by atoms with E-state index in [0.29, 0.717) is 17.1 Å². The first-order chi connectivity index (χ1) is 12.7. The van der Waals surface area contributed by atoms with Gasteiger partial charge in [-0.3, -0.25) is 9.69 Å². The Morgan fingerprint density at radius 2 is 1.81 bits per heavy atom. The van der Waals surface area contributed by atoms with Gasteiger partial charge in [0.2, 0.25) is 0 Å². The van der Waals surface area contributed by atoms with Crippen LogP contribution in [0, 0.1) is 17.8 Å². The SMILES string of the molecule is COc1ccc(C(=O)N2CCN(C[C@H]3C[C@H]4C=C[C@H]3C4)CC2)cc1OC. The zero-order valence-corrected chi connectivity index (χ0v) is 15.7. The van der Waals surface area contributed by atoms with Crippen molar-refractivity contribution < 1.29 is 14.3 Å². The predicted molar refractivity (Wildman–Crippen MR) is 101 cm³/mol. The van der Waals surface area contributed by atoms with Gasteiger partial charge in [-0.2, -0.15) is 0 Å². The zero-order chi connectivity index (χ0) is 18.1. The number of amides is 1. The van der Waals surface area contributed by atoms with Crippen LogP contribution < -0.4 is 9.47 Å². The van der Waals surface area contributed by atoms with Crippen molar-refractivity contribution >= 4 is 5.91 Å². The van der Waals surface area contributed by atoms with Crippen LogP contribution >= 0.6 is 0 Å². The number of rotatable bonds is 5. The molecule has 1 heterocycles. The highest BCUT2D eigenvalue weighted by Gasteiger charge is 2.36. The summed E-state index contributed by atoms with van der Waals surface area (Å²) in [5.74, 6) is 3.77. The van der Waals surface area contributed by atoms with Crippen molar-refractivity contribution in [3.63, 3.8) is 0 Å². The largest absolute Gasteiger partial charge is 0.493 e. The smallest absolute Gasteiger partial charge is 0.254 e. The summed E-state index contributed by atoms with van der Waals surface area (Å²) in [4.78, 5) is 17.3. The summed E-state index contributed by atoms with van der Waals surface area (Å²) in [6, 6.07) is 5.39. The first-order valence-electron chi connectivity index (χ1n) is 9.60. The van der Waals surface area contributed by atoms with Gasteiger partial charge in [0.1, 0.15) is 0 Å². The quantitative estimate of drug-likeness (QED) is 0.761. The van der Waals surface area contributed by atoms with Gasteiger partial charge < -0.3 is 14.4 Å². The summed E-state index contributed by atoms with van der Waals surface area (Å²) >= 11 is 0. The predicted octanol–water partition coefficient (Wildman–Crippen LogP) is 2.67. The van der Waals surface area contributed by atoms with E-state index in [2.05, 4.69) is 17.1 Å². The molecule has 5 nitrogen and oxygen atoms in total. The average molecular weight is 356 g/mol. The third-order valence-electron chi connectivity index (χ3n) is 6.20. The monoisotopic (exact) mass is 356 g/mol. The maximum absolute atomic E-state index is 12.8. The van der Waals surface area contributed by atoms with Gasteiger partial charge in [-0.25, -0.2) is 0 Å². The number of piperazine rings is 1. The maximum Gasteiger partial charge on any atom is 0.254 e. The van der Waals surface area contributed by atoms with E-state index in [1.807, 2.05) is 11.0 Å². The molecule has 5 heteroatoms. The molecule has 1 aliphatic heterocycles. The van der Waals surface area contributed by atoms with Crippen molar-refractivity contribution in [3.05, 3.63) is 35.9 Å². The Morgan fingerprint density at radius 1 is 1.04 bits per heavy atom. The number of benzene rings is 1. The van der Waals surface area contributed by atoms with E-state index in [0.717, 1.165) is 43.9 Å². The topological polar surface area (TPSA) is 42.0 Å². The number of nitrogens with zero attached hydrogens (tertiary/aromatic N) is 2. The lowest BCUT2D eigenvalue weighted by molar-refractivity contribution is 0.0610. The summed E-state index contributed by atoms with van der Waals surface area (Å²) in [5, 5.41) is 0. The fraction of sp³-hybridized carbons (Fsp3) is 0.571. The summed E-state index contributed by atoms with van der Waals surface area (Å²) < 4.78 is 10.6. The molecule has 1 amide bonds. The van der Waals surface area contributed by atoms with Crippen molar-refractivity contribution in [2.24, 2.45) is 17.8 Å². The van der Waals surface area contributed by atoms with Crippen molar-refractivity contribution in [1.29, 1.82) is 0 Å². The second kappa shape index (κ2) is 7.31. The Morgan fingerprint density at radius 3 is 2.42 bits per heavy atom. The van der Waals surface area contributed by atoms with Crippen LogP contribution in [0.5, 0.6) is 11.5 Å². The van der Waals surface area contributed by atoms with Gasteiger partial charge in [-0.1, -0.05) is 12.2 Å². The highest BCUT2D eigenvalue weighted by Crippen LogP contribution is 2.43. The first kappa shape index (κ1) is 17.4. The molecule has 2 fully saturated rings. The molecule has 1 aromatic carbocycles. The van der Waals surface area contributed by atoms with E-state index in [1.54, 1.807) is 26.4 Å². The molecule has 3 atom stereocenters. The number of hydrogen-bond acceptors (Lipinski definition) is 4. The minimum Gasteiger partial charge on any atom is -0.493 e. The van der Waals surface area contributed by atoms with Crippen molar-refractivity contribution in [1.82, 2.24) is 9.80 Å². The second-order valence-corrected chi connectivity index (χ2v) is 7.70. The van der Waals surface area contributed by atoms with Crippen LogP contribution in [0.2, 0.25) is 0 Å². The molecule has 4 rings (SSSR count). The first-order valence-corrected chi connectivity index (χ1v) is 9.60. The third kappa shape index (κ3) is 3.32. The van der Waals surface area contributed by atoms with Gasteiger partial charge in [0.25, 0.3) is 5.91 Å². The van der Waals surface area contributed by atoms with Crippen molar-refractivity contribution in [2.75, 3.05) is 46.9 Å². The van der Waals surface area contributed by atoms with E-state index < -0.39 is 0 Å². The Balaban J connectivity index is 1.33. The van der Waals surface area contributed by atoms with Crippen LogP contribution in [0.15, 0.2) is 30.4 Å². The number of allylic oxidation sites excluding steroid dienone is 2. The minimum atomic E-state index is 0.0773. The number of fused-ring (bicyclic) bond motifs is 2. The lowest BCUT2D eigenvalue weighted by atomic mass is 9.93. The summed E-state index contributed by atoms with van der Waals surface area (Å²) in [7, 11) is 3.19. The number of hydrogen-bond donors (Lipinski definition) is 0. The van der Waals surface area contributed by atoms with E-state index in [9.17, 15) is 4.79 Å². The van der Waals surface area contributed by atoms with Gasteiger partial charge in [0.15, 0.2) is 11.5 Å². The molecule has 3 aliphatic rings. The molecule has 26 heavy (non-hydrogen) atoms. The van der Waals surface area contributed by atoms with Gasteiger partial charge in [0.05, 0.1) is 14.2 Å². The van der Waals surface area contributed by atoms with E-state index in [1.165, 1.54) is 19.4 Å². The number of ether oxygens (including phenoxy) is 2. The Labute approximate surface area is 155 Å². The molecule has 1 saturated carbocycles. The summed E-state index contributed by atoms with van der Waals surface area (Å²) in [6.07, 6.45) is 7.55. The average Bonchev–Trinajstić information content (AvgIpc) is 3.30. The minimum absolute atomic E-state index is 0.0773. The van der Waals surface area contributed by atoms with Gasteiger partial charge in [-0.05, 0) is 48.8 Å². The molecular formula is C21H28N2O3. The maximum atomic E-state index is 12.8. The van der Waals surface area contributed by atoms with Crippen LogP contribution in [0.3, 0.4) is 0 Å². The summed E-state index contributed by atoms with van der Waals surface area (Å²) in [6.45, 7) is 4.71. The molecule has 0 spiro atoms. The van der Waals surface area contributed by atoms with E-state index in [4.69, 9.17) is 9.47 Å². The molecule has 0 radical (unpaired) electrons. The highest BCUT2D eigenvalue weighted by molar-refractivity contribution is 5.95. The molecule has 1 aromatic rings. The lowest BCUT2D eigenvalue weighted by Crippen LogP contribution is -2.50. The Hall–Kier alpha value is -2.01. The number of methoxy groups -OCH3 is 2. The Bertz CT molecular complexity index is 694. The van der Waals surface area contributed by atoms with Crippen LogP contribution in [0.25, 0.3) is 0 Å². The highest BCUT2D eigenvalue weighted by atomic mass is 16.5. The van der Waals surface area contributed by atoms with Gasteiger partial charge in [0, 0.05) is 38.3 Å². The van der Waals surface area contributed by atoms with Gasteiger partial charge in [-0.15, -0.1) is 0 Å². The lowest BCUT2D eigenvalue weighted by Gasteiger charge is -2.37. The fourth-order valence-corrected chi connectivity index (χ4v) is 4.72. The van der Waals surface area contributed by atoms with Crippen molar-refractivity contribution in [2.45, 2.75) is 12.8 Å². The molecule has 0 aromatic heterocycles. The van der Waals surface area contributed by atoms with Crippen LogP contribution in [-0.2, 0) is 0 Å². The molecule has 1 saturated heterocycles. The Kier molecular flexibility index (Phi) is 4.90. The number of carbonyl (C=O) groups excluding carboxylic acids is 1. The zero-order valence-electron chi connectivity index (χ0n) is 15.7. The van der Waals surface area contributed by atoms with Crippen molar-refractivity contribution in [3.8, 4) is 11.5 Å². The van der Waals surface area contributed by atoms with Crippen LogP contribution in [0.4, 0.5) is 0 Å². The van der Waals surface area contributed by atoms with Crippen LogP contribution in [-0.4, -0.2) is 62.7 Å². The molecule has 140 valence electrons. The number of carbonyl (C=O) groups is 1. The molecular weight excluding hydrogens is 328 g/mol. The standard InChI is InChI=1S/C21H28N2O3/c1-25-19-6-5-17(13-20(19)26-2)21(24)23-9-7-22(8-10-23)14-18-12-15-3-4-16(18)11-15/h3-6,13,15-16,18H,7-12,14H2,1-2H3/t15-,16-,18+/m0/s1. The van der Waals surface area contributed by atoms with Crippen LogP contribution in [0.1, 0.15) is 23.2 Å². The second-order valence-electron chi connectivity index (χ2n) is 7.70. The summed E-state index contributed by atoms with van der Waals surface area (Å²) in [5.41, 5.74) is 0.661. The molecule has 2 aliphatic carbocycles. The van der Waals surface area contributed by atoms with E-state index in [-0.39, 0.29) is 5.91 Å². The fourth-order valence-electron chi connectivity index (χ4n) is 4.72. The molecule has 2 bridgehead atoms. The third-order valence-corrected chi connectivity index (χ3v) is 6.20. The van der Waals surface area contributed by atoms with E-state index >= 15 is 0 Å². The molecule has 0 unspecified atom stereocenters.